The third-order valence-corrected chi connectivity index (χ3v) is 2.86. The molecule has 6 nitrogen and oxygen atoms in total. The lowest BCUT2D eigenvalue weighted by molar-refractivity contribution is 0.165. The van der Waals surface area contributed by atoms with Gasteiger partial charge in [0.15, 0.2) is 0 Å². The monoisotopic (exact) mass is 320 g/mol. The zero-order valence-corrected chi connectivity index (χ0v) is 12.4. The van der Waals surface area contributed by atoms with Crippen molar-refractivity contribution in [2.75, 3.05) is 12.1 Å². The second-order valence-electron chi connectivity index (χ2n) is 4.10. The van der Waals surface area contributed by atoms with Gasteiger partial charge in [0, 0.05) is 5.02 Å². The van der Waals surface area contributed by atoms with Crippen LogP contribution in [0.3, 0.4) is 0 Å². The second kappa shape index (κ2) is 7.33. The molecule has 0 fully saturated rings. The van der Waals surface area contributed by atoms with Crippen LogP contribution in [0.4, 0.5) is 15.3 Å². The minimum Gasteiger partial charge on any atom is -0.452 e. The van der Waals surface area contributed by atoms with Crippen LogP contribution in [0.1, 0.15) is 0 Å². The number of amides is 2. The number of carbonyl (C=O) groups excluding carboxylic acids is 2. The number of hydrogen-bond donors (Lipinski definition) is 1. The van der Waals surface area contributed by atoms with E-state index in [1.54, 1.807) is 54.6 Å². The van der Waals surface area contributed by atoms with Crippen molar-refractivity contribution in [1.82, 2.24) is 5.43 Å². The SMILES string of the molecule is COC(=O)NN(C(=O)Oc1ccc(Cl)cc1)c1ccccc1. The number of nitrogens with zero attached hydrogens (tertiary/aromatic N) is 1. The number of hydrazine groups is 1. The zero-order valence-electron chi connectivity index (χ0n) is 11.7. The van der Waals surface area contributed by atoms with Crippen molar-refractivity contribution in [2.45, 2.75) is 0 Å². The smallest absolute Gasteiger partial charge is 0.439 e. The normalized spacial score (nSPS) is 9.73. The molecule has 0 aliphatic rings. The largest absolute Gasteiger partial charge is 0.452 e. The van der Waals surface area contributed by atoms with E-state index >= 15 is 0 Å². The number of anilines is 1. The van der Waals surface area contributed by atoms with Crippen LogP contribution in [-0.2, 0) is 4.74 Å². The van der Waals surface area contributed by atoms with E-state index in [4.69, 9.17) is 16.3 Å². The highest BCUT2D eigenvalue weighted by atomic mass is 35.5. The summed E-state index contributed by atoms with van der Waals surface area (Å²) in [5.74, 6) is 0.294. The van der Waals surface area contributed by atoms with Crippen molar-refractivity contribution >= 4 is 29.5 Å². The predicted molar refractivity (Wildman–Crippen MR) is 81.9 cm³/mol. The third-order valence-electron chi connectivity index (χ3n) is 2.60. The van der Waals surface area contributed by atoms with Gasteiger partial charge in [0.05, 0.1) is 12.8 Å². The molecule has 0 saturated heterocycles. The van der Waals surface area contributed by atoms with Gasteiger partial charge >= 0.3 is 12.2 Å². The minimum atomic E-state index is -0.795. The maximum absolute atomic E-state index is 12.2. The molecular weight excluding hydrogens is 308 g/mol. The number of nitrogens with one attached hydrogen (secondary N) is 1. The molecule has 2 amide bonds. The summed E-state index contributed by atoms with van der Waals surface area (Å²) in [6, 6.07) is 14.8. The maximum Gasteiger partial charge on any atom is 0.439 e. The number of rotatable bonds is 2. The standard InChI is InChI=1S/C15H13ClN2O4/c1-21-14(19)17-18(12-5-3-2-4-6-12)15(20)22-13-9-7-11(16)8-10-13/h2-10H,1H3,(H,17,19). The Labute approximate surface area is 132 Å². The van der Waals surface area contributed by atoms with Crippen LogP contribution in [0.25, 0.3) is 0 Å². The van der Waals surface area contributed by atoms with Crippen molar-refractivity contribution in [3.63, 3.8) is 0 Å². The van der Waals surface area contributed by atoms with Gasteiger partial charge in [0.1, 0.15) is 5.75 Å². The summed E-state index contributed by atoms with van der Waals surface area (Å²) < 4.78 is 9.69. The average molecular weight is 321 g/mol. The lowest BCUT2D eigenvalue weighted by Crippen LogP contribution is -2.47. The summed E-state index contributed by atoms with van der Waals surface area (Å²) >= 11 is 5.77. The van der Waals surface area contributed by atoms with Gasteiger partial charge < -0.3 is 9.47 Å². The highest BCUT2D eigenvalue weighted by Crippen LogP contribution is 2.18. The molecule has 0 aliphatic carbocycles. The lowest BCUT2D eigenvalue weighted by Gasteiger charge is -2.21. The fourth-order valence-corrected chi connectivity index (χ4v) is 1.70. The van der Waals surface area contributed by atoms with Crippen molar-refractivity contribution < 1.29 is 19.1 Å². The highest BCUT2D eigenvalue weighted by Gasteiger charge is 2.20. The Balaban J connectivity index is 2.18. The Morgan fingerprint density at radius 1 is 1.05 bits per heavy atom. The number of ether oxygens (including phenoxy) is 2. The first kappa shape index (κ1) is 15.7. The van der Waals surface area contributed by atoms with Crippen LogP contribution in [-0.4, -0.2) is 19.3 Å². The Kier molecular flexibility index (Phi) is 5.21. The van der Waals surface area contributed by atoms with Gasteiger partial charge in [-0.05, 0) is 36.4 Å². The topological polar surface area (TPSA) is 67.9 Å². The van der Waals surface area contributed by atoms with Gasteiger partial charge in [-0.1, -0.05) is 29.8 Å². The zero-order chi connectivity index (χ0) is 15.9. The summed E-state index contributed by atoms with van der Waals surface area (Å²) in [6.45, 7) is 0. The summed E-state index contributed by atoms with van der Waals surface area (Å²) in [4.78, 5) is 23.6. The molecule has 0 atom stereocenters. The van der Waals surface area contributed by atoms with E-state index in [1.807, 2.05) is 0 Å². The van der Waals surface area contributed by atoms with Crippen LogP contribution in [0, 0.1) is 0 Å². The lowest BCUT2D eigenvalue weighted by atomic mass is 10.3. The van der Waals surface area contributed by atoms with E-state index in [1.165, 1.54) is 7.11 Å². The van der Waals surface area contributed by atoms with Crippen molar-refractivity contribution in [3.8, 4) is 5.75 Å². The van der Waals surface area contributed by atoms with E-state index in [-0.39, 0.29) is 0 Å². The van der Waals surface area contributed by atoms with Crippen LogP contribution < -0.4 is 15.2 Å². The molecule has 114 valence electrons. The third kappa shape index (κ3) is 4.13. The highest BCUT2D eigenvalue weighted by molar-refractivity contribution is 6.30. The molecule has 0 saturated carbocycles. The fourth-order valence-electron chi connectivity index (χ4n) is 1.58. The first-order valence-corrected chi connectivity index (χ1v) is 6.65. The van der Waals surface area contributed by atoms with Gasteiger partial charge in [0.2, 0.25) is 0 Å². The van der Waals surface area contributed by atoms with Gasteiger partial charge in [0.25, 0.3) is 0 Å². The Morgan fingerprint density at radius 3 is 2.27 bits per heavy atom. The Bertz CT molecular complexity index is 646. The summed E-state index contributed by atoms with van der Waals surface area (Å²) in [5, 5.41) is 1.47. The maximum atomic E-state index is 12.2. The molecule has 0 spiro atoms. The molecule has 2 aromatic carbocycles. The molecule has 2 rings (SSSR count). The molecule has 22 heavy (non-hydrogen) atoms. The van der Waals surface area contributed by atoms with Gasteiger partial charge in [-0.15, -0.1) is 0 Å². The number of halogens is 1. The molecule has 0 aromatic heterocycles. The fraction of sp³-hybridized carbons (Fsp3) is 0.0667. The average Bonchev–Trinajstić information content (AvgIpc) is 2.55. The molecular formula is C15H13ClN2O4. The van der Waals surface area contributed by atoms with E-state index < -0.39 is 12.2 Å². The van der Waals surface area contributed by atoms with Crippen molar-refractivity contribution in [1.29, 1.82) is 0 Å². The number of benzene rings is 2. The molecule has 0 aliphatic heterocycles. The summed E-state index contributed by atoms with van der Waals surface area (Å²) in [5.41, 5.74) is 2.71. The second-order valence-corrected chi connectivity index (χ2v) is 4.53. The number of methoxy groups -OCH3 is 1. The first-order valence-electron chi connectivity index (χ1n) is 6.27. The molecule has 0 heterocycles. The summed E-state index contributed by atoms with van der Waals surface area (Å²) in [6.07, 6.45) is -1.59. The van der Waals surface area contributed by atoms with Crippen LogP contribution in [0.2, 0.25) is 5.02 Å². The number of para-hydroxylation sites is 1. The first-order chi connectivity index (χ1) is 10.6. The Morgan fingerprint density at radius 2 is 1.68 bits per heavy atom. The van der Waals surface area contributed by atoms with E-state index in [0.717, 1.165) is 5.01 Å². The van der Waals surface area contributed by atoms with E-state index in [0.29, 0.717) is 16.5 Å². The van der Waals surface area contributed by atoms with E-state index in [2.05, 4.69) is 10.2 Å². The number of hydrogen-bond acceptors (Lipinski definition) is 4. The van der Waals surface area contributed by atoms with Crippen molar-refractivity contribution in [2.24, 2.45) is 0 Å². The molecule has 0 radical (unpaired) electrons. The molecule has 7 heteroatoms. The predicted octanol–water partition coefficient (Wildman–Crippen LogP) is 3.62. The molecule has 2 aromatic rings. The Hall–Kier alpha value is -2.73. The van der Waals surface area contributed by atoms with Crippen LogP contribution >= 0.6 is 11.6 Å². The van der Waals surface area contributed by atoms with Gasteiger partial charge in [-0.2, -0.15) is 5.01 Å². The minimum absolute atomic E-state index is 0.294. The van der Waals surface area contributed by atoms with Gasteiger partial charge in [-0.25, -0.2) is 15.0 Å². The van der Waals surface area contributed by atoms with Crippen molar-refractivity contribution in [3.05, 3.63) is 59.6 Å². The van der Waals surface area contributed by atoms with E-state index in [9.17, 15) is 9.59 Å². The van der Waals surface area contributed by atoms with Crippen LogP contribution in [0.15, 0.2) is 54.6 Å². The van der Waals surface area contributed by atoms with Gasteiger partial charge in [-0.3, -0.25) is 0 Å². The van der Waals surface area contributed by atoms with Crippen LogP contribution in [0.5, 0.6) is 5.75 Å². The summed E-state index contributed by atoms with van der Waals surface area (Å²) in [7, 11) is 1.20. The molecule has 1 N–H and O–H groups in total. The number of carbonyl (C=O) groups is 2. The quantitative estimate of drug-likeness (QED) is 0.858. The molecule has 0 bridgehead atoms. The molecule has 0 unspecified atom stereocenters.